The van der Waals surface area contributed by atoms with Gasteiger partial charge in [-0.15, -0.1) is 0 Å². The Bertz CT molecular complexity index is 242. The summed E-state index contributed by atoms with van der Waals surface area (Å²) in [5.41, 5.74) is 5.20. The van der Waals surface area contributed by atoms with Gasteiger partial charge < -0.3 is 16.2 Å². The summed E-state index contributed by atoms with van der Waals surface area (Å²) in [7, 11) is 0. The fraction of sp³-hybridized carbons (Fsp3) is 0.833. The van der Waals surface area contributed by atoms with Gasteiger partial charge in [-0.25, -0.2) is 0 Å². The van der Waals surface area contributed by atoms with Crippen LogP contribution < -0.4 is 11.1 Å². The van der Waals surface area contributed by atoms with E-state index in [-0.39, 0.29) is 12.3 Å². The molecule has 0 saturated heterocycles. The first-order chi connectivity index (χ1) is 8.02. The fourth-order valence-corrected chi connectivity index (χ4v) is 1.74. The standard InChI is InChI=1S/C12H24N2O3/c1-3-12(4-2,9-13)11(17)14-8-6-5-7-10(15)16/h3-9,13H2,1-2H3,(H,14,17)(H,15,16). The summed E-state index contributed by atoms with van der Waals surface area (Å²) in [6, 6.07) is 0. The van der Waals surface area contributed by atoms with Crippen molar-refractivity contribution in [3.8, 4) is 0 Å². The van der Waals surface area contributed by atoms with E-state index in [4.69, 9.17) is 10.8 Å². The molecular formula is C12H24N2O3. The zero-order valence-electron chi connectivity index (χ0n) is 10.8. The molecular weight excluding hydrogens is 220 g/mol. The average Bonchev–Trinajstić information content (AvgIpc) is 2.31. The van der Waals surface area contributed by atoms with Crippen molar-refractivity contribution in [2.75, 3.05) is 13.1 Å². The van der Waals surface area contributed by atoms with E-state index in [9.17, 15) is 9.59 Å². The van der Waals surface area contributed by atoms with Gasteiger partial charge in [0, 0.05) is 19.5 Å². The van der Waals surface area contributed by atoms with E-state index in [1.807, 2.05) is 13.8 Å². The number of hydrogen-bond acceptors (Lipinski definition) is 3. The van der Waals surface area contributed by atoms with Crippen molar-refractivity contribution < 1.29 is 14.7 Å². The molecule has 0 aliphatic rings. The van der Waals surface area contributed by atoms with E-state index in [1.165, 1.54) is 0 Å². The Morgan fingerprint density at radius 3 is 2.24 bits per heavy atom. The van der Waals surface area contributed by atoms with Crippen LogP contribution >= 0.6 is 0 Å². The van der Waals surface area contributed by atoms with Gasteiger partial charge in [0.1, 0.15) is 0 Å². The number of carbonyl (C=O) groups is 2. The van der Waals surface area contributed by atoms with Crippen LogP contribution in [0.5, 0.6) is 0 Å². The molecule has 1 amide bonds. The molecule has 0 aromatic heterocycles. The third-order valence-electron chi connectivity index (χ3n) is 3.33. The lowest BCUT2D eigenvalue weighted by Gasteiger charge is -2.28. The van der Waals surface area contributed by atoms with E-state index >= 15 is 0 Å². The maximum atomic E-state index is 11.9. The van der Waals surface area contributed by atoms with Crippen LogP contribution in [0.3, 0.4) is 0 Å². The quantitative estimate of drug-likeness (QED) is 0.530. The number of carboxylic acid groups (broad SMARTS) is 1. The molecule has 4 N–H and O–H groups in total. The lowest BCUT2D eigenvalue weighted by Crippen LogP contribution is -2.45. The second kappa shape index (κ2) is 8.06. The van der Waals surface area contributed by atoms with Crippen LogP contribution in [0.4, 0.5) is 0 Å². The van der Waals surface area contributed by atoms with Gasteiger partial charge in [-0.05, 0) is 25.7 Å². The van der Waals surface area contributed by atoms with Gasteiger partial charge in [0.2, 0.25) is 5.91 Å². The Morgan fingerprint density at radius 1 is 1.24 bits per heavy atom. The van der Waals surface area contributed by atoms with Gasteiger partial charge in [-0.1, -0.05) is 13.8 Å². The molecule has 0 atom stereocenters. The zero-order valence-corrected chi connectivity index (χ0v) is 10.8. The second-order valence-electron chi connectivity index (χ2n) is 4.30. The number of carbonyl (C=O) groups excluding carboxylic acids is 1. The summed E-state index contributed by atoms with van der Waals surface area (Å²) in [5, 5.41) is 11.3. The summed E-state index contributed by atoms with van der Waals surface area (Å²) < 4.78 is 0. The van der Waals surface area contributed by atoms with Gasteiger partial charge in [-0.2, -0.15) is 0 Å². The number of nitrogens with two attached hydrogens (primary N) is 1. The first kappa shape index (κ1) is 15.9. The highest BCUT2D eigenvalue weighted by Crippen LogP contribution is 2.24. The number of rotatable bonds is 9. The Morgan fingerprint density at radius 2 is 1.82 bits per heavy atom. The summed E-state index contributed by atoms with van der Waals surface area (Å²) in [5.74, 6) is -0.810. The summed E-state index contributed by atoms with van der Waals surface area (Å²) in [6.07, 6.45) is 2.87. The molecule has 0 heterocycles. The van der Waals surface area contributed by atoms with Crippen LogP contribution in [0.15, 0.2) is 0 Å². The third kappa shape index (κ3) is 5.17. The molecule has 100 valence electrons. The SMILES string of the molecule is CCC(CC)(CN)C(=O)NCCCCC(=O)O. The molecule has 0 saturated carbocycles. The van der Waals surface area contributed by atoms with Crippen molar-refractivity contribution in [2.45, 2.75) is 46.0 Å². The zero-order chi connectivity index (χ0) is 13.3. The molecule has 0 fully saturated rings. The predicted molar refractivity (Wildman–Crippen MR) is 66.6 cm³/mol. The topological polar surface area (TPSA) is 92.4 Å². The van der Waals surface area contributed by atoms with E-state index in [0.29, 0.717) is 25.9 Å². The van der Waals surface area contributed by atoms with Crippen molar-refractivity contribution in [1.29, 1.82) is 0 Å². The van der Waals surface area contributed by atoms with E-state index in [0.717, 1.165) is 12.8 Å². The second-order valence-corrected chi connectivity index (χ2v) is 4.30. The normalized spacial score (nSPS) is 11.2. The minimum Gasteiger partial charge on any atom is -0.481 e. The van der Waals surface area contributed by atoms with Crippen LogP contribution in [-0.4, -0.2) is 30.1 Å². The summed E-state index contributed by atoms with van der Waals surface area (Å²) in [4.78, 5) is 22.2. The molecule has 0 spiro atoms. The van der Waals surface area contributed by atoms with Gasteiger partial charge in [0.05, 0.1) is 5.41 Å². The number of hydrogen-bond donors (Lipinski definition) is 3. The number of nitrogens with one attached hydrogen (secondary N) is 1. The fourth-order valence-electron chi connectivity index (χ4n) is 1.74. The highest BCUT2D eigenvalue weighted by Gasteiger charge is 2.32. The monoisotopic (exact) mass is 244 g/mol. The van der Waals surface area contributed by atoms with Crippen molar-refractivity contribution in [3.05, 3.63) is 0 Å². The highest BCUT2D eigenvalue weighted by molar-refractivity contribution is 5.82. The molecule has 17 heavy (non-hydrogen) atoms. The molecule has 0 aromatic carbocycles. The van der Waals surface area contributed by atoms with Crippen molar-refractivity contribution in [3.63, 3.8) is 0 Å². The summed E-state index contributed by atoms with van der Waals surface area (Å²) >= 11 is 0. The molecule has 0 bridgehead atoms. The van der Waals surface area contributed by atoms with Crippen molar-refractivity contribution in [1.82, 2.24) is 5.32 Å². The van der Waals surface area contributed by atoms with E-state index in [2.05, 4.69) is 5.32 Å². The first-order valence-electron chi connectivity index (χ1n) is 6.22. The molecule has 0 rings (SSSR count). The molecule has 0 aliphatic carbocycles. The third-order valence-corrected chi connectivity index (χ3v) is 3.33. The van der Waals surface area contributed by atoms with Crippen LogP contribution in [0.25, 0.3) is 0 Å². The smallest absolute Gasteiger partial charge is 0.303 e. The molecule has 5 heteroatoms. The molecule has 0 aromatic rings. The maximum absolute atomic E-state index is 11.9. The lowest BCUT2D eigenvalue weighted by molar-refractivity contribution is -0.137. The van der Waals surface area contributed by atoms with E-state index < -0.39 is 11.4 Å². The summed E-state index contributed by atoms with van der Waals surface area (Å²) in [6.45, 7) is 4.79. The van der Waals surface area contributed by atoms with Crippen LogP contribution in [0.2, 0.25) is 0 Å². The van der Waals surface area contributed by atoms with Gasteiger partial charge >= 0.3 is 5.97 Å². The predicted octanol–water partition coefficient (Wildman–Crippen LogP) is 1.12. The molecule has 5 nitrogen and oxygen atoms in total. The first-order valence-corrected chi connectivity index (χ1v) is 6.22. The Kier molecular flexibility index (Phi) is 7.54. The number of unbranched alkanes of at least 4 members (excludes halogenated alkanes) is 1. The van der Waals surface area contributed by atoms with Crippen LogP contribution in [0.1, 0.15) is 46.0 Å². The Labute approximate surface area is 103 Å². The number of amides is 1. The molecule has 0 radical (unpaired) electrons. The molecule has 0 unspecified atom stereocenters. The van der Waals surface area contributed by atoms with Crippen molar-refractivity contribution in [2.24, 2.45) is 11.1 Å². The lowest BCUT2D eigenvalue weighted by atomic mass is 9.81. The molecule has 0 aliphatic heterocycles. The number of carboxylic acids is 1. The average molecular weight is 244 g/mol. The van der Waals surface area contributed by atoms with Gasteiger partial charge in [0.25, 0.3) is 0 Å². The Hall–Kier alpha value is -1.10. The maximum Gasteiger partial charge on any atom is 0.303 e. The minimum atomic E-state index is -0.797. The highest BCUT2D eigenvalue weighted by atomic mass is 16.4. The number of aliphatic carboxylic acids is 1. The Balaban J connectivity index is 3.95. The van der Waals surface area contributed by atoms with Crippen molar-refractivity contribution >= 4 is 11.9 Å². The van der Waals surface area contributed by atoms with E-state index in [1.54, 1.807) is 0 Å². The minimum absolute atomic E-state index is 0.0136. The van der Waals surface area contributed by atoms with Crippen LogP contribution in [0, 0.1) is 5.41 Å². The van der Waals surface area contributed by atoms with Crippen LogP contribution in [-0.2, 0) is 9.59 Å². The largest absolute Gasteiger partial charge is 0.481 e. The van der Waals surface area contributed by atoms with Gasteiger partial charge in [-0.3, -0.25) is 9.59 Å². The van der Waals surface area contributed by atoms with Gasteiger partial charge in [0.15, 0.2) is 0 Å².